The van der Waals surface area contributed by atoms with Crippen molar-refractivity contribution in [2.45, 2.75) is 39.3 Å². The van der Waals surface area contributed by atoms with Gasteiger partial charge in [0.2, 0.25) is 0 Å². The van der Waals surface area contributed by atoms with Gasteiger partial charge in [0, 0.05) is 18.9 Å². The Bertz CT molecular complexity index is 888. The SMILES string of the molecule is CC(C)c1ccccc1O[C@H](C)C(=O)NCc1ccccc1-n1ccnc1. The second-order valence-corrected chi connectivity index (χ2v) is 6.77. The minimum atomic E-state index is -0.578. The van der Waals surface area contributed by atoms with Gasteiger partial charge >= 0.3 is 0 Å². The summed E-state index contributed by atoms with van der Waals surface area (Å²) < 4.78 is 7.86. The molecule has 0 fully saturated rings. The van der Waals surface area contributed by atoms with Gasteiger partial charge in [0.1, 0.15) is 5.75 Å². The van der Waals surface area contributed by atoms with E-state index in [2.05, 4.69) is 24.1 Å². The zero-order valence-corrected chi connectivity index (χ0v) is 15.9. The molecule has 27 heavy (non-hydrogen) atoms. The topological polar surface area (TPSA) is 56.1 Å². The minimum absolute atomic E-state index is 0.144. The number of nitrogens with zero attached hydrogens (tertiary/aromatic N) is 2. The highest BCUT2D eigenvalue weighted by Crippen LogP contribution is 2.26. The number of hydrogen-bond acceptors (Lipinski definition) is 3. The second kappa shape index (κ2) is 8.54. The van der Waals surface area contributed by atoms with Crippen LogP contribution in [0.25, 0.3) is 5.69 Å². The number of amides is 1. The number of carbonyl (C=O) groups is 1. The fraction of sp³-hybridized carbons (Fsp3) is 0.273. The van der Waals surface area contributed by atoms with Crippen molar-refractivity contribution in [1.82, 2.24) is 14.9 Å². The number of aromatic nitrogens is 2. The monoisotopic (exact) mass is 363 g/mol. The Morgan fingerprint density at radius 2 is 1.85 bits per heavy atom. The Labute approximate surface area is 160 Å². The molecule has 1 N–H and O–H groups in total. The third-order valence-corrected chi connectivity index (χ3v) is 4.44. The molecule has 0 radical (unpaired) electrons. The van der Waals surface area contributed by atoms with Crippen LogP contribution in [0, 0.1) is 0 Å². The van der Waals surface area contributed by atoms with Gasteiger partial charge in [0.05, 0.1) is 12.0 Å². The first-order chi connectivity index (χ1) is 13.1. The number of imidazole rings is 1. The first-order valence-corrected chi connectivity index (χ1v) is 9.15. The van der Waals surface area contributed by atoms with Crippen LogP contribution in [0.3, 0.4) is 0 Å². The maximum Gasteiger partial charge on any atom is 0.261 e. The average Bonchev–Trinajstić information content (AvgIpc) is 3.21. The molecular formula is C22H25N3O2. The van der Waals surface area contributed by atoms with Crippen molar-refractivity contribution < 1.29 is 9.53 Å². The van der Waals surface area contributed by atoms with Crippen LogP contribution in [0.5, 0.6) is 5.75 Å². The molecule has 140 valence electrons. The van der Waals surface area contributed by atoms with Crippen molar-refractivity contribution in [3.63, 3.8) is 0 Å². The van der Waals surface area contributed by atoms with Crippen molar-refractivity contribution >= 4 is 5.91 Å². The summed E-state index contributed by atoms with van der Waals surface area (Å²) in [7, 11) is 0. The fourth-order valence-corrected chi connectivity index (χ4v) is 2.95. The molecule has 0 bridgehead atoms. The van der Waals surface area contributed by atoms with Gasteiger partial charge in [-0.2, -0.15) is 0 Å². The van der Waals surface area contributed by atoms with Crippen LogP contribution >= 0.6 is 0 Å². The smallest absolute Gasteiger partial charge is 0.261 e. The largest absolute Gasteiger partial charge is 0.481 e. The van der Waals surface area contributed by atoms with Crippen LogP contribution in [0.4, 0.5) is 0 Å². The van der Waals surface area contributed by atoms with E-state index in [-0.39, 0.29) is 5.91 Å². The first-order valence-electron chi connectivity index (χ1n) is 9.15. The van der Waals surface area contributed by atoms with E-state index in [0.29, 0.717) is 12.5 Å². The van der Waals surface area contributed by atoms with E-state index in [0.717, 1.165) is 22.6 Å². The first kappa shape index (κ1) is 18.7. The van der Waals surface area contributed by atoms with Gasteiger partial charge in [0.25, 0.3) is 5.91 Å². The normalized spacial score (nSPS) is 12.0. The third-order valence-electron chi connectivity index (χ3n) is 4.44. The molecular weight excluding hydrogens is 338 g/mol. The highest BCUT2D eigenvalue weighted by atomic mass is 16.5. The number of nitrogens with one attached hydrogen (secondary N) is 1. The lowest BCUT2D eigenvalue weighted by Crippen LogP contribution is -2.36. The molecule has 0 aliphatic heterocycles. The number of ether oxygens (including phenoxy) is 1. The summed E-state index contributed by atoms with van der Waals surface area (Å²) in [6, 6.07) is 15.8. The number of rotatable bonds is 7. The predicted molar refractivity (Wildman–Crippen MR) is 106 cm³/mol. The van der Waals surface area contributed by atoms with E-state index in [1.807, 2.05) is 59.3 Å². The Morgan fingerprint density at radius 1 is 1.11 bits per heavy atom. The molecule has 5 nitrogen and oxygen atoms in total. The van der Waals surface area contributed by atoms with Crippen molar-refractivity contribution in [3.05, 3.63) is 78.4 Å². The summed E-state index contributed by atoms with van der Waals surface area (Å²) in [5.41, 5.74) is 3.11. The number of benzene rings is 2. The lowest BCUT2D eigenvalue weighted by atomic mass is 10.0. The molecule has 1 heterocycles. The summed E-state index contributed by atoms with van der Waals surface area (Å²) in [6.45, 7) is 6.42. The van der Waals surface area contributed by atoms with Crippen molar-refractivity contribution in [3.8, 4) is 11.4 Å². The Kier molecular flexibility index (Phi) is 5.91. The van der Waals surface area contributed by atoms with Crippen LogP contribution in [0.15, 0.2) is 67.3 Å². The highest BCUT2D eigenvalue weighted by Gasteiger charge is 2.17. The van der Waals surface area contributed by atoms with Gasteiger partial charge in [0.15, 0.2) is 6.10 Å². The van der Waals surface area contributed by atoms with E-state index in [9.17, 15) is 4.79 Å². The summed E-state index contributed by atoms with van der Waals surface area (Å²) in [6.07, 6.45) is 4.78. The lowest BCUT2D eigenvalue weighted by molar-refractivity contribution is -0.127. The maximum atomic E-state index is 12.5. The summed E-state index contributed by atoms with van der Waals surface area (Å²) in [5, 5.41) is 2.97. The molecule has 3 aromatic rings. The highest BCUT2D eigenvalue weighted by molar-refractivity contribution is 5.80. The molecule has 2 aromatic carbocycles. The van der Waals surface area contributed by atoms with Crippen LogP contribution < -0.4 is 10.1 Å². The van der Waals surface area contributed by atoms with Gasteiger partial charge in [-0.1, -0.05) is 50.2 Å². The van der Waals surface area contributed by atoms with E-state index in [1.165, 1.54) is 0 Å². The summed E-state index contributed by atoms with van der Waals surface area (Å²) >= 11 is 0. The van der Waals surface area contributed by atoms with Crippen LogP contribution in [0.1, 0.15) is 37.8 Å². The van der Waals surface area contributed by atoms with E-state index >= 15 is 0 Å². The van der Waals surface area contributed by atoms with Crippen LogP contribution in [-0.2, 0) is 11.3 Å². The van der Waals surface area contributed by atoms with Crippen molar-refractivity contribution in [2.24, 2.45) is 0 Å². The fourth-order valence-electron chi connectivity index (χ4n) is 2.95. The molecule has 0 saturated heterocycles. The molecule has 3 rings (SSSR count). The molecule has 0 saturated carbocycles. The minimum Gasteiger partial charge on any atom is -0.481 e. The molecule has 1 amide bonds. The molecule has 1 atom stereocenters. The number of para-hydroxylation sites is 2. The summed E-state index contributed by atoms with van der Waals surface area (Å²) in [5.74, 6) is 0.946. The average molecular weight is 363 g/mol. The quantitative estimate of drug-likeness (QED) is 0.688. The second-order valence-electron chi connectivity index (χ2n) is 6.77. The predicted octanol–water partition coefficient (Wildman–Crippen LogP) is 4.08. The van der Waals surface area contributed by atoms with E-state index in [4.69, 9.17) is 4.74 Å². The Balaban J connectivity index is 1.65. The lowest BCUT2D eigenvalue weighted by Gasteiger charge is -2.19. The Hall–Kier alpha value is -3.08. The maximum absolute atomic E-state index is 12.5. The van der Waals surface area contributed by atoms with Crippen molar-refractivity contribution in [1.29, 1.82) is 0 Å². The van der Waals surface area contributed by atoms with Gasteiger partial charge in [-0.3, -0.25) is 4.79 Å². The van der Waals surface area contributed by atoms with Gasteiger partial charge in [-0.25, -0.2) is 4.98 Å². The van der Waals surface area contributed by atoms with Crippen LogP contribution in [0.2, 0.25) is 0 Å². The standard InChI is InChI=1S/C22H25N3O2/c1-16(2)19-9-5-7-11-21(19)27-17(3)22(26)24-14-18-8-4-6-10-20(18)25-13-12-23-15-25/h4-13,15-17H,14H2,1-3H3,(H,24,26)/t17-/m1/s1. The Morgan fingerprint density at radius 3 is 2.59 bits per heavy atom. The van der Waals surface area contributed by atoms with Crippen LogP contribution in [-0.4, -0.2) is 21.6 Å². The van der Waals surface area contributed by atoms with Crippen molar-refractivity contribution in [2.75, 3.05) is 0 Å². The molecule has 0 aliphatic rings. The number of carbonyl (C=O) groups excluding carboxylic acids is 1. The van der Waals surface area contributed by atoms with Gasteiger partial charge < -0.3 is 14.6 Å². The number of hydrogen-bond donors (Lipinski definition) is 1. The zero-order chi connectivity index (χ0) is 19.2. The molecule has 1 aromatic heterocycles. The van der Waals surface area contributed by atoms with Gasteiger partial charge in [-0.05, 0) is 36.1 Å². The molecule has 5 heteroatoms. The molecule has 0 aliphatic carbocycles. The molecule has 0 unspecified atom stereocenters. The zero-order valence-electron chi connectivity index (χ0n) is 15.9. The molecule has 0 spiro atoms. The van der Waals surface area contributed by atoms with E-state index in [1.54, 1.807) is 19.4 Å². The van der Waals surface area contributed by atoms with E-state index < -0.39 is 6.10 Å². The van der Waals surface area contributed by atoms with Gasteiger partial charge in [-0.15, -0.1) is 0 Å². The third kappa shape index (κ3) is 4.56. The summed E-state index contributed by atoms with van der Waals surface area (Å²) in [4.78, 5) is 16.6.